The Morgan fingerprint density at radius 2 is 1.67 bits per heavy atom. The summed E-state index contributed by atoms with van der Waals surface area (Å²) in [7, 11) is 0. The molecule has 0 aliphatic carbocycles. The molecule has 1 amide bonds. The lowest BCUT2D eigenvalue weighted by molar-refractivity contribution is 0.0624. The van der Waals surface area contributed by atoms with Crippen molar-refractivity contribution in [3.63, 3.8) is 0 Å². The van der Waals surface area contributed by atoms with Gasteiger partial charge in [-0.2, -0.15) is 0 Å². The van der Waals surface area contributed by atoms with Crippen molar-refractivity contribution in [3.05, 3.63) is 71.7 Å². The van der Waals surface area contributed by atoms with Crippen molar-refractivity contribution in [2.24, 2.45) is 0 Å². The van der Waals surface area contributed by atoms with Crippen LogP contribution in [0.4, 0.5) is 4.39 Å². The number of hydrogen-bond acceptors (Lipinski definition) is 3. The number of para-hydroxylation sites is 1. The monoisotopic (exact) mass is 365 g/mol. The van der Waals surface area contributed by atoms with E-state index >= 15 is 0 Å². The molecule has 1 N–H and O–H groups in total. The maximum atomic E-state index is 13.0. The molecule has 1 aliphatic heterocycles. The molecule has 4 rings (SSSR count). The molecule has 2 aromatic carbocycles. The molecule has 1 fully saturated rings. The normalized spacial score (nSPS) is 15.2. The highest BCUT2D eigenvalue weighted by molar-refractivity contribution is 6.08. The topological polar surface area (TPSA) is 56.4 Å². The summed E-state index contributed by atoms with van der Waals surface area (Å²) in [5.41, 5.74) is 2.14. The number of nitrogens with one attached hydrogen (secondary N) is 1. The summed E-state index contributed by atoms with van der Waals surface area (Å²) in [6, 6.07) is 13.4. The molecule has 0 atom stereocenters. The van der Waals surface area contributed by atoms with Gasteiger partial charge in [0.25, 0.3) is 5.91 Å². The fourth-order valence-corrected chi connectivity index (χ4v) is 3.47. The second-order valence-corrected chi connectivity index (χ2v) is 6.75. The van der Waals surface area contributed by atoms with Crippen LogP contribution in [0.5, 0.6) is 0 Å². The van der Waals surface area contributed by atoms with Crippen molar-refractivity contribution in [1.29, 1.82) is 0 Å². The largest absolute Gasteiger partial charge is 0.360 e. The van der Waals surface area contributed by atoms with E-state index in [0.717, 1.165) is 10.9 Å². The number of amides is 1. The Kier molecular flexibility index (Phi) is 4.73. The Morgan fingerprint density at radius 1 is 0.963 bits per heavy atom. The number of rotatable bonds is 4. The highest BCUT2D eigenvalue weighted by Gasteiger charge is 2.24. The van der Waals surface area contributed by atoms with Gasteiger partial charge < -0.3 is 9.88 Å². The molecule has 1 saturated heterocycles. The van der Waals surface area contributed by atoms with Crippen molar-refractivity contribution < 1.29 is 14.0 Å². The Morgan fingerprint density at radius 3 is 2.41 bits per heavy atom. The zero-order chi connectivity index (χ0) is 18.8. The van der Waals surface area contributed by atoms with Gasteiger partial charge in [-0.05, 0) is 30.3 Å². The third-order valence-electron chi connectivity index (χ3n) is 5.01. The molecular weight excluding hydrogens is 345 g/mol. The Hall–Kier alpha value is -2.99. The minimum atomic E-state index is -0.354. The maximum absolute atomic E-state index is 13.0. The van der Waals surface area contributed by atoms with Crippen LogP contribution < -0.4 is 0 Å². The van der Waals surface area contributed by atoms with Gasteiger partial charge in [-0.3, -0.25) is 14.5 Å². The molecule has 1 aliphatic rings. The number of carbonyl (C=O) groups is 2. The summed E-state index contributed by atoms with van der Waals surface area (Å²) in [5.74, 6) is -0.379. The molecule has 138 valence electrons. The van der Waals surface area contributed by atoms with E-state index in [1.807, 2.05) is 24.3 Å². The first-order valence-electron chi connectivity index (χ1n) is 8.98. The van der Waals surface area contributed by atoms with E-state index in [2.05, 4.69) is 9.88 Å². The fourth-order valence-electron chi connectivity index (χ4n) is 3.47. The average Bonchev–Trinajstić information content (AvgIpc) is 3.13. The summed E-state index contributed by atoms with van der Waals surface area (Å²) in [6.07, 6.45) is 1.77. The Balaban J connectivity index is 1.36. The molecule has 2 heterocycles. The van der Waals surface area contributed by atoms with E-state index in [1.54, 1.807) is 11.1 Å². The number of halogens is 1. The zero-order valence-electron chi connectivity index (χ0n) is 14.8. The molecular formula is C21H20FN3O2. The van der Waals surface area contributed by atoms with Crippen LogP contribution in [0.3, 0.4) is 0 Å². The quantitative estimate of drug-likeness (QED) is 0.724. The number of benzene rings is 2. The first kappa shape index (κ1) is 17.4. The van der Waals surface area contributed by atoms with E-state index in [1.165, 1.54) is 24.3 Å². The number of ketones is 1. The predicted octanol–water partition coefficient (Wildman–Crippen LogP) is 2.95. The van der Waals surface area contributed by atoms with Gasteiger partial charge >= 0.3 is 0 Å². The fraction of sp³-hybridized carbons (Fsp3) is 0.238. The van der Waals surface area contributed by atoms with Crippen LogP contribution in [0.1, 0.15) is 20.7 Å². The average molecular weight is 365 g/mol. The number of nitrogens with zero attached hydrogens (tertiary/aromatic N) is 2. The number of fused-ring (bicyclic) bond motifs is 1. The number of aromatic amines is 1. The van der Waals surface area contributed by atoms with Crippen LogP contribution in [0.25, 0.3) is 10.9 Å². The molecule has 1 aromatic heterocycles. The van der Waals surface area contributed by atoms with E-state index in [-0.39, 0.29) is 17.5 Å². The third-order valence-corrected chi connectivity index (χ3v) is 5.01. The number of H-pyrrole nitrogens is 1. The van der Waals surface area contributed by atoms with Gasteiger partial charge in [0, 0.05) is 54.4 Å². The summed E-state index contributed by atoms with van der Waals surface area (Å²) in [5, 5.41) is 0.938. The molecule has 0 unspecified atom stereocenters. The first-order valence-corrected chi connectivity index (χ1v) is 8.98. The molecule has 0 spiro atoms. The lowest BCUT2D eigenvalue weighted by Gasteiger charge is -2.34. The van der Waals surface area contributed by atoms with Gasteiger partial charge in [0.05, 0.1) is 6.54 Å². The van der Waals surface area contributed by atoms with Crippen LogP contribution in [0.2, 0.25) is 0 Å². The number of aromatic nitrogens is 1. The zero-order valence-corrected chi connectivity index (χ0v) is 14.8. The van der Waals surface area contributed by atoms with Gasteiger partial charge in [0.2, 0.25) is 0 Å². The van der Waals surface area contributed by atoms with Crippen molar-refractivity contribution >= 4 is 22.6 Å². The predicted molar refractivity (Wildman–Crippen MR) is 101 cm³/mol. The number of Topliss-reactive ketones (excluding diaryl/α,β-unsaturated/α-hetero) is 1. The highest BCUT2D eigenvalue weighted by Crippen LogP contribution is 2.19. The molecule has 27 heavy (non-hydrogen) atoms. The van der Waals surface area contributed by atoms with Gasteiger partial charge in [-0.15, -0.1) is 0 Å². The summed E-state index contributed by atoms with van der Waals surface area (Å²) < 4.78 is 13.0. The molecule has 0 saturated carbocycles. The van der Waals surface area contributed by atoms with Gasteiger partial charge in [-0.25, -0.2) is 4.39 Å². The lowest BCUT2D eigenvalue weighted by Crippen LogP contribution is -2.49. The Labute approximate surface area is 156 Å². The number of hydrogen-bond donors (Lipinski definition) is 1. The molecule has 5 nitrogen and oxygen atoms in total. The van der Waals surface area contributed by atoms with Crippen molar-refractivity contribution in [2.45, 2.75) is 0 Å². The molecule has 0 bridgehead atoms. The minimum absolute atomic E-state index is 0.0748. The van der Waals surface area contributed by atoms with Gasteiger partial charge in [-0.1, -0.05) is 18.2 Å². The number of carbonyl (C=O) groups excluding carboxylic acids is 2. The third kappa shape index (κ3) is 3.61. The molecule has 0 radical (unpaired) electrons. The smallest absolute Gasteiger partial charge is 0.253 e. The Bertz CT molecular complexity index is 973. The summed E-state index contributed by atoms with van der Waals surface area (Å²) in [6.45, 7) is 2.72. The van der Waals surface area contributed by atoms with Crippen LogP contribution >= 0.6 is 0 Å². The van der Waals surface area contributed by atoms with E-state index in [9.17, 15) is 14.0 Å². The molecule has 6 heteroatoms. The van der Waals surface area contributed by atoms with Crippen molar-refractivity contribution in [3.8, 4) is 0 Å². The second-order valence-electron chi connectivity index (χ2n) is 6.75. The number of piperazine rings is 1. The maximum Gasteiger partial charge on any atom is 0.253 e. The minimum Gasteiger partial charge on any atom is -0.360 e. The lowest BCUT2D eigenvalue weighted by atomic mass is 10.1. The van der Waals surface area contributed by atoms with Crippen LogP contribution in [-0.2, 0) is 0 Å². The second kappa shape index (κ2) is 7.32. The van der Waals surface area contributed by atoms with E-state index in [4.69, 9.17) is 0 Å². The summed E-state index contributed by atoms with van der Waals surface area (Å²) >= 11 is 0. The van der Waals surface area contributed by atoms with Gasteiger partial charge in [0.15, 0.2) is 5.78 Å². The standard InChI is InChI=1S/C21H20FN3O2/c22-16-7-5-15(6-8-16)21(27)25-11-9-24(10-12-25)14-20(26)18-13-23-19-4-2-1-3-17(18)19/h1-8,13,23H,9-12,14H2. The van der Waals surface area contributed by atoms with Crippen LogP contribution in [-0.4, -0.2) is 59.2 Å². The SMILES string of the molecule is O=C(CN1CCN(C(=O)c2ccc(F)cc2)CC1)c1c[nH]c2ccccc12. The van der Waals surface area contributed by atoms with Crippen molar-refractivity contribution in [1.82, 2.24) is 14.8 Å². The van der Waals surface area contributed by atoms with E-state index < -0.39 is 0 Å². The highest BCUT2D eigenvalue weighted by atomic mass is 19.1. The summed E-state index contributed by atoms with van der Waals surface area (Å²) in [4.78, 5) is 32.1. The first-order chi connectivity index (χ1) is 13.1. The van der Waals surface area contributed by atoms with Crippen LogP contribution in [0, 0.1) is 5.82 Å². The van der Waals surface area contributed by atoms with E-state index in [0.29, 0.717) is 43.9 Å². The van der Waals surface area contributed by atoms with Gasteiger partial charge in [0.1, 0.15) is 5.82 Å². The molecule has 3 aromatic rings. The van der Waals surface area contributed by atoms with Crippen molar-refractivity contribution in [2.75, 3.05) is 32.7 Å². The van der Waals surface area contributed by atoms with Crippen LogP contribution in [0.15, 0.2) is 54.7 Å².